The average Bonchev–Trinajstić information content (AvgIpc) is 3.10. The van der Waals surface area contributed by atoms with Gasteiger partial charge in [-0.25, -0.2) is 4.39 Å². The molecule has 0 aromatic heterocycles. The number of benzene rings is 1. The Balaban J connectivity index is 1.71. The third-order valence-electron chi connectivity index (χ3n) is 3.63. The van der Waals surface area contributed by atoms with E-state index in [4.69, 9.17) is 5.73 Å². The number of nitrogens with two attached hydrogens (primary N) is 1. The van der Waals surface area contributed by atoms with Gasteiger partial charge >= 0.3 is 0 Å². The summed E-state index contributed by atoms with van der Waals surface area (Å²) in [5.74, 6) is -0.749. The molecule has 2 amide bonds. The van der Waals surface area contributed by atoms with Gasteiger partial charge in [-0.05, 0) is 24.1 Å². The van der Waals surface area contributed by atoms with Gasteiger partial charge in [0.05, 0.1) is 11.8 Å². The van der Waals surface area contributed by atoms with Gasteiger partial charge in [0.1, 0.15) is 5.82 Å². The standard InChI is InChI=1S/C13H13FN2O2/c14-8-3-1-7(2-4-8)11(15)6-16-12(17)9-5-10(9)13(16)18/h1-4,9-11H,5-6,15H2. The zero-order valence-electron chi connectivity index (χ0n) is 9.67. The zero-order valence-corrected chi connectivity index (χ0v) is 9.67. The van der Waals surface area contributed by atoms with Crippen LogP contribution < -0.4 is 5.73 Å². The van der Waals surface area contributed by atoms with E-state index in [9.17, 15) is 14.0 Å². The molecule has 1 saturated heterocycles. The number of fused-ring (bicyclic) bond motifs is 1. The molecule has 1 heterocycles. The highest BCUT2D eigenvalue weighted by atomic mass is 19.1. The molecule has 1 aliphatic heterocycles. The molecule has 94 valence electrons. The molecule has 1 aliphatic carbocycles. The monoisotopic (exact) mass is 248 g/mol. The third-order valence-corrected chi connectivity index (χ3v) is 3.63. The summed E-state index contributed by atoms with van der Waals surface area (Å²) in [4.78, 5) is 24.8. The molecular weight excluding hydrogens is 235 g/mol. The van der Waals surface area contributed by atoms with Gasteiger partial charge < -0.3 is 5.73 Å². The molecule has 2 N–H and O–H groups in total. The van der Waals surface area contributed by atoms with Crippen molar-refractivity contribution in [1.82, 2.24) is 4.90 Å². The van der Waals surface area contributed by atoms with E-state index in [2.05, 4.69) is 0 Å². The van der Waals surface area contributed by atoms with E-state index >= 15 is 0 Å². The van der Waals surface area contributed by atoms with Crippen molar-refractivity contribution in [3.8, 4) is 0 Å². The van der Waals surface area contributed by atoms with Crippen LogP contribution in [0.5, 0.6) is 0 Å². The summed E-state index contributed by atoms with van der Waals surface area (Å²) >= 11 is 0. The highest BCUT2D eigenvalue weighted by molar-refractivity contribution is 6.08. The first kappa shape index (κ1) is 11.3. The number of piperidine rings is 1. The maximum atomic E-state index is 12.8. The Labute approximate surface area is 104 Å². The van der Waals surface area contributed by atoms with Crippen molar-refractivity contribution < 1.29 is 14.0 Å². The minimum atomic E-state index is -0.462. The lowest BCUT2D eigenvalue weighted by Crippen LogP contribution is -2.38. The molecule has 2 aliphatic rings. The van der Waals surface area contributed by atoms with Crippen molar-refractivity contribution in [3.05, 3.63) is 35.6 Å². The van der Waals surface area contributed by atoms with Crippen LogP contribution in [0.3, 0.4) is 0 Å². The molecule has 0 radical (unpaired) electrons. The van der Waals surface area contributed by atoms with Gasteiger partial charge in [0.2, 0.25) is 11.8 Å². The Hall–Kier alpha value is -1.75. The van der Waals surface area contributed by atoms with Gasteiger partial charge in [-0.15, -0.1) is 0 Å². The number of amides is 2. The summed E-state index contributed by atoms with van der Waals surface area (Å²) in [7, 11) is 0. The topological polar surface area (TPSA) is 63.4 Å². The van der Waals surface area contributed by atoms with Crippen molar-refractivity contribution in [2.75, 3.05) is 6.54 Å². The molecular formula is C13H13FN2O2. The van der Waals surface area contributed by atoms with Gasteiger partial charge in [0.25, 0.3) is 0 Å². The van der Waals surface area contributed by atoms with Crippen molar-refractivity contribution in [2.24, 2.45) is 17.6 Å². The fourth-order valence-electron chi connectivity index (χ4n) is 2.44. The second-order valence-corrected chi connectivity index (χ2v) is 4.89. The summed E-state index contributed by atoms with van der Waals surface area (Å²) in [5.41, 5.74) is 6.66. The molecule has 5 heteroatoms. The summed E-state index contributed by atoms with van der Waals surface area (Å²) in [5, 5.41) is 0. The van der Waals surface area contributed by atoms with E-state index in [0.29, 0.717) is 6.42 Å². The molecule has 0 bridgehead atoms. The number of hydrogen-bond acceptors (Lipinski definition) is 3. The Morgan fingerprint density at radius 2 is 1.78 bits per heavy atom. The lowest BCUT2D eigenvalue weighted by molar-refractivity contribution is -0.141. The summed E-state index contributed by atoms with van der Waals surface area (Å²) in [6.45, 7) is 0.177. The largest absolute Gasteiger partial charge is 0.322 e. The van der Waals surface area contributed by atoms with Gasteiger partial charge in [0, 0.05) is 12.6 Å². The molecule has 1 aromatic carbocycles. The van der Waals surface area contributed by atoms with Crippen molar-refractivity contribution in [3.63, 3.8) is 0 Å². The Kier molecular flexibility index (Phi) is 2.45. The van der Waals surface area contributed by atoms with E-state index in [0.717, 1.165) is 5.56 Å². The number of likely N-dealkylation sites (tertiary alicyclic amines) is 1. The number of rotatable bonds is 3. The van der Waals surface area contributed by atoms with E-state index in [1.807, 2.05) is 0 Å². The molecule has 2 fully saturated rings. The van der Waals surface area contributed by atoms with Crippen LogP contribution in [0.15, 0.2) is 24.3 Å². The Bertz CT molecular complexity index is 494. The van der Waals surface area contributed by atoms with Crippen LogP contribution in [0.4, 0.5) is 4.39 Å². The third kappa shape index (κ3) is 1.71. The number of halogens is 1. The summed E-state index contributed by atoms with van der Waals surface area (Å²) in [6.07, 6.45) is 0.694. The molecule has 3 unspecified atom stereocenters. The fourth-order valence-corrected chi connectivity index (χ4v) is 2.44. The van der Waals surface area contributed by atoms with Crippen LogP contribution in [-0.2, 0) is 9.59 Å². The number of hydrogen-bond donors (Lipinski definition) is 1. The van der Waals surface area contributed by atoms with E-state index < -0.39 is 6.04 Å². The minimum absolute atomic E-state index is 0.0992. The SMILES string of the molecule is NC(CN1C(=O)C2CC2C1=O)c1ccc(F)cc1. The first-order valence-corrected chi connectivity index (χ1v) is 5.94. The van der Waals surface area contributed by atoms with Crippen molar-refractivity contribution >= 4 is 11.8 Å². The lowest BCUT2D eigenvalue weighted by atomic mass is 10.1. The van der Waals surface area contributed by atoms with Crippen molar-refractivity contribution in [1.29, 1.82) is 0 Å². The Morgan fingerprint density at radius 3 is 2.33 bits per heavy atom. The maximum absolute atomic E-state index is 12.8. The Morgan fingerprint density at radius 1 is 1.22 bits per heavy atom. The van der Waals surface area contributed by atoms with Crippen LogP contribution in [0, 0.1) is 17.7 Å². The molecule has 3 atom stereocenters. The molecule has 4 nitrogen and oxygen atoms in total. The fraction of sp³-hybridized carbons (Fsp3) is 0.385. The molecule has 18 heavy (non-hydrogen) atoms. The summed E-state index contributed by atoms with van der Waals surface area (Å²) < 4.78 is 12.8. The van der Waals surface area contributed by atoms with Gasteiger partial charge in [-0.1, -0.05) is 12.1 Å². The van der Waals surface area contributed by atoms with E-state index in [-0.39, 0.29) is 36.0 Å². The number of carbonyl (C=O) groups excluding carboxylic acids is 2. The predicted molar refractivity (Wildman–Crippen MR) is 61.6 cm³/mol. The normalized spacial score (nSPS) is 27.3. The zero-order chi connectivity index (χ0) is 12.9. The molecule has 1 saturated carbocycles. The number of nitrogens with zero attached hydrogens (tertiary/aromatic N) is 1. The van der Waals surface area contributed by atoms with Crippen molar-refractivity contribution in [2.45, 2.75) is 12.5 Å². The minimum Gasteiger partial charge on any atom is -0.322 e. The molecule has 1 aromatic rings. The predicted octanol–water partition coefficient (Wildman–Crippen LogP) is 0.830. The van der Waals surface area contributed by atoms with Crippen LogP contribution >= 0.6 is 0 Å². The molecule has 3 rings (SSSR count). The smallest absolute Gasteiger partial charge is 0.233 e. The van der Waals surface area contributed by atoms with Gasteiger partial charge in [-0.2, -0.15) is 0 Å². The lowest BCUT2D eigenvalue weighted by Gasteiger charge is -2.21. The second-order valence-electron chi connectivity index (χ2n) is 4.89. The average molecular weight is 248 g/mol. The maximum Gasteiger partial charge on any atom is 0.233 e. The van der Waals surface area contributed by atoms with E-state index in [1.165, 1.54) is 17.0 Å². The van der Waals surface area contributed by atoms with Crippen LogP contribution in [0.2, 0.25) is 0 Å². The number of carbonyl (C=O) groups is 2. The van der Waals surface area contributed by atoms with Gasteiger partial charge in [-0.3, -0.25) is 14.5 Å². The highest BCUT2D eigenvalue weighted by Crippen LogP contribution is 2.47. The van der Waals surface area contributed by atoms with Crippen LogP contribution in [0.25, 0.3) is 0 Å². The van der Waals surface area contributed by atoms with Crippen LogP contribution in [-0.4, -0.2) is 23.3 Å². The van der Waals surface area contributed by atoms with Crippen LogP contribution in [0.1, 0.15) is 18.0 Å². The quantitative estimate of drug-likeness (QED) is 0.806. The van der Waals surface area contributed by atoms with E-state index in [1.54, 1.807) is 12.1 Å². The molecule has 0 spiro atoms. The van der Waals surface area contributed by atoms with Gasteiger partial charge in [0.15, 0.2) is 0 Å². The summed E-state index contributed by atoms with van der Waals surface area (Å²) in [6, 6.07) is 5.33. The first-order chi connectivity index (χ1) is 8.58. The second kappa shape index (κ2) is 3.88. The number of imide groups is 1. The first-order valence-electron chi connectivity index (χ1n) is 5.94. The highest BCUT2D eigenvalue weighted by Gasteiger charge is 2.58.